The van der Waals surface area contributed by atoms with Gasteiger partial charge in [-0.1, -0.05) is 6.07 Å². The lowest BCUT2D eigenvalue weighted by molar-refractivity contribution is -0.385. The molecule has 3 rings (SSSR count). The van der Waals surface area contributed by atoms with Gasteiger partial charge in [-0.15, -0.1) is 12.4 Å². The Morgan fingerprint density at radius 1 is 1.30 bits per heavy atom. The molecule has 0 saturated carbocycles. The molecule has 0 aliphatic carbocycles. The molecule has 6 nitrogen and oxygen atoms in total. The van der Waals surface area contributed by atoms with Gasteiger partial charge >= 0.3 is 0 Å². The molecular formula is C16H22ClN3O3. The Bertz CT molecular complexity index is 615. The average Bonchev–Trinajstić information content (AvgIpc) is 2.91. The summed E-state index contributed by atoms with van der Waals surface area (Å²) in [6.07, 6.45) is 3.24. The van der Waals surface area contributed by atoms with E-state index in [0.29, 0.717) is 11.1 Å². The molecule has 1 aromatic carbocycles. The molecule has 0 unspecified atom stereocenters. The fraction of sp³-hybridized carbons (Fsp3) is 0.562. The minimum Gasteiger partial charge on any atom is -0.338 e. The van der Waals surface area contributed by atoms with Gasteiger partial charge in [-0.05, 0) is 50.8 Å². The van der Waals surface area contributed by atoms with Gasteiger partial charge in [0.25, 0.3) is 11.6 Å². The van der Waals surface area contributed by atoms with Crippen molar-refractivity contribution in [2.75, 3.05) is 26.2 Å². The molecule has 7 heteroatoms. The van der Waals surface area contributed by atoms with Gasteiger partial charge in [0.1, 0.15) is 0 Å². The molecule has 1 aromatic rings. The molecule has 126 valence electrons. The first-order chi connectivity index (χ1) is 10.5. The van der Waals surface area contributed by atoms with Gasteiger partial charge < -0.3 is 10.2 Å². The van der Waals surface area contributed by atoms with E-state index < -0.39 is 4.92 Å². The van der Waals surface area contributed by atoms with Crippen molar-refractivity contribution in [3.8, 4) is 0 Å². The Hall–Kier alpha value is -1.66. The topological polar surface area (TPSA) is 75.5 Å². The van der Waals surface area contributed by atoms with Crippen molar-refractivity contribution in [2.45, 2.75) is 26.2 Å². The Kier molecular flexibility index (Phi) is 5.26. The van der Waals surface area contributed by atoms with E-state index in [0.717, 1.165) is 45.4 Å². The summed E-state index contributed by atoms with van der Waals surface area (Å²) in [6.45, 7) is 5.20. The highest BCUT2D eigenvalue weighted by atomic mass is 35.5. The maximum atomic E-state index is 12.8. The van der Waals surface area contributed by atoms with Gasteiger partial charge in [0.05, 0.1) is 4.92 Å². The monoisotopic (exact) mass is 339 g/mol. The summed E-state index contributed by atoms with van der Waals surface area (Å²) >= 11 is 0. The molecule has 23 heavy (non-hydrogen) atoms. The summed E-state index contributed by atoms with van der Waals surface area (Å²) in [5, 5.41) is 14.4. The predicted molar refractivity (Wildman–Crippen MR) is 90.1 cm³/mol. The van der Waals surface area contributed by atoms with Crippen LogP contribution in [0.4, 0.5) is 5.69 Å². The van der Waals surface area contributed by atoms with E-state index in [1.54, 1.807) is 19.1 Å². The number of carbonyl (C=O) groups is 1. The van der Waals surface area contributed by atoms with Crippen molar-refractivity contribution in [1.82, 2.24) is 10.2 Å². The summed E-state index contributed by atoms with van der Waals surface area (Å²) in [7, 11) is 0. The van der Waals surface area contributed by atoms with Gasteiger partial charge in [0.2, 0.25) is 0 Å². The zero-order chi connectivity index (χ0) is 15.7. The summed E-state index contributed by atoms with van der Waals surface area (Å²) in [5.41, 5.74) is 1.18. The van der Waals surface area contributed by atoms with E-state index >= 15 is 0 Å². The summed E-state index contributed by atoms with van der Waals surface area (Å²) in [6, 6.07) is 4.73. The third kappa shape index (κ3) is 3.33. The number of nitrogens with zero attached hydrogens (tertiary/aromatic N) is 2. The highest BCUT2D eigenvalue weighted by molar-refractivity contribution is 5.96. The molecule has 1 N–H and O–H groups in total. The van der Waals surface area contributed by atoms with Crippen LogP contribution in [0.2, 0.25) is 0 Å². The zero-order valence-corrected chi connectivity index (χ0v) is 14.0. The largest absolute Gasteiger partial charge is 0.338 e. The number of nitro groups is 1. The molecule has 0 atom stereocenters. The number of nitrogens with one attached hydrogen (secondary N) is 1. The van der Waals surface area contributed by atoms with Crippen molar-refractivity contribution in [3.05, 3.63) is 39.4 Å². The van der Waals surface area contributed by atoms with Gasteiger partial charge in [-0.25, -0.2) is 0 Å². The third-order valence-corrected chi connectivity index (χ3v) is 5.12. The number of halogens is 1. The zero-order valence-electron chi connectivity index (χ0n) is 13.2. The van der Waals surface area contributed by atoms with Crippen LogP contribution in [0.15, 0.2) is 18.2 Å². The van der Waals surface area contributed by atoms with Gasteiger partial charge in [0.15, 0.2) is 0 Å². The van der Waals surface area contributed by atoms with E-state index in [1.807, 2.05) is 4.90 Å². The Morgan fingerprint density at radius 3 is 2.65 bits per heavy atom. The Balaban J connectivity index is 0.00000192. The summed E-state index contributed by atoms with van der Waals surface area (Å²) in [4.78, 5) is 25.2. The Morgan fingerprint density at radius 2 is 2.00 bits per heavy atom. The number of carbonyl (C=O) groups excluding carboxylic acids is 1. The van der Waals surface area contributed by atoms with Crippen LogP contribution in [0.5, 0.6) is 0 Å². The minimum absolute atomic E-state index is 0. The normalized spacial score (nSPS) is 19.4. The average molecular weight is 340 g/mol. The smallest absolute Gasteiger partial charge is 0.273 e. The van der Waals surface area contributed by atoms with Crippen molar-refractivity contribution in [3.63, 3.8) is 0 Å². The van der Waals surface area contributed by atoms with Crippen molar-refractivity contribution >= 4 is 24.0 Å². The van der Waals surface area contributed by atoms with Crippen LogP contribution in [0.1, 0.15) is 35.2 Å². The molecule has 0 bridgehead atoms. The van der Waals surface area contributed by atoms with Crippen molar-refractivity contribution in [1.29, 1.82) is 0 Å². The standard InChI is InChI=1S/C16H21N3O3.ClH/c1-12-13(3-2-4-14(12)19(21)22)15(20)18-10-7-16(11-18)5-8-17-9-6-16;/h2-4,17H,5-11H2,1H3;1H. The van der Waals surface area contributed by atoms with Crippen LogP contribution in [0.25, 0.3) is 0 Å². The number of benzene rings is 1. The molecule has 1 amide bonds. The maximum Gasteiger partial charge on any atom is 0.273 e. The molecule has 2 heterocycles. The van der Waals surface area contributed by atoms with Crippen LogP contribution in [-0.4, -0.2) is 41.9 Å². The number of piperidine rings is 1. The molecule has 0 aromatic heterocycles. The first kappa shape index (κ1) is 17.7. The highest BCUT2D eigenvalue weighted by Crippen LogP contribution is 2.39. The van der Waals surface area contributed by atoms with Gasteiger partial charge in [-0.3, -0.25) is 14.9 Å². The van der Waals surface area contributed by atoms with Crippen LogP contribution >= 0.6 is 12.4 Å². The van der Waals surface area contributed by atoms with E-state index in [1.165, 1.54) is 6.07 Å². The number of hydrogen-bond acceptors (Lipinski definition) is 4. The minimum atomic E-state index is -0.426. The number of amides is 1. The first-order valence-corrected chi connectivity index (χ1v) is 7.76. The second kappa shape index (κ2) is 6.84. The van der Waals surface area contributed by atoms with Crippen LogP contribution in [-0.2, 0) is 0 Å². The van der Waals surface area contributed by atoms with Crippen LogP contribution < -0.4 is 5.32 Å². The number of likely N-dealkylation sites (tertiary alicyclic amines) is 1. The second-order valence-electron chi connectivity index (χ2n) is 6.43. The molecule has 0 radical (unpaired) electrons. The number of nitro benzene ring substituents is 1. The molecular weight excluding hydrogens is 318 g/mol. The predicted octanol–water partition coefficient (Wildman–Crippen LogP) is 2.54. The van der Waals surface area contributed by atoms with E-state index in [-0.39, 0.29) is 29.4 Å². The van der Waals surface area contributed by atoms with Crippen molar-refractivity contribution < 1.29 is 9.72 Å². The lowest BCUT2D eigenvalue weighted by Crippen LogP contribution is -2.39. The maximum absolute atomic E-state index is 12.8. The van der Waals surface area contributed by atoms with Crippen molar-refractivity contribution in [2.24, 2.45) is 5.41 Å². The SMILES string of the molecule is Cc1c(C(=O)N2CCC3(CCNCC3)C2)cccc1[N+](=O)[O-].Cl. The van der Waals surface area contributed by atoms with E-state index in [4.69, 9.17) is 0 Å². The molecule has 2 fully saturated rings. The van der Waals surface area contributed by atoms with E-state index in [9.17, 15) is 14.9 Å². The molecule has 2 aliphatic heterocycles. The highest BCUT2D eigenvalue weighted by Gasteiger charge is 2.41. The lowest BCUT2D eigenvalue weighted by atomic mass is 9.78. The lowest BCUT2D eigenvalue weighted by Gasteiger charge is -2.33. The first-order valence-electron chi connectivity index (χ1n) is 7.76. The fourth-order valence-corrected chi connectivity index (χ4v) is 3.70. The third-order valence-electron chi connectivity index (χ3n) is 5.12. The van der Waals surface area contributed by atoms with E-state index in [2.05, 4.69) is 5.32 Å². The van der Waals surface area contributed by atoms with Crippen LogP contribution in [0.3, 0.4) is 0 Å². The quantitative estimate of drug-likeness (QED) is 0.663. The summed E-state index contributed by atoms with van der Waals surface area (Å²) in [5.74, 6) is -0.0726. The van der Waals surface area contributed by atoms with Crippen LogP contribution in [0, 0.1) is 22.5 Å². The summed E-state index contributed by atoms with van der Waals surface area (Å²) < 4.78 is 0. The Labute approximate surface area is 141 Å². The number of hydrogen-bond donors (Lipinski definition) is 1. The molecule has 1 spiro atoms. The fourth-order valence-electron chi connectivity index (χ4n) is 3.70. The number of rotatable bonds is 2. The second-order valence-corrected chi connectivity index (χ2v) is 6.43. The van der Waals surface area contributed by atoms with Gasteiger partial charge in [-0.2, -0.15) is 0 Å². The molecule has 2 aliphatic rings. The molecule has 2 saturated heterocycles. The van der Waals surface area contributed by atoms with Gasteiger partial charge in [0, 0.05) is 30.3 Å².